The highest BCUT2D eigenvalue weighted by Crippen LogP contribution is 2.42. The first-order valence-electron chi connectivity index (χ1n) is 9.59. The Bertz CT molecular complexity index is 1340. The third kappa shape index (κ3) is 3.14. The lowest BCUT2D eigenvalue weighted by Crippen LogP contribution is -2.29. The number of para-hydroxylation sites is 1. The van der Waals surface area contributed by atoms with Crippen molar-refractivity contribution in [2.45, 2.75) is 6.04 Å². The van der Waals surface area contributed by atoms with E-state index in [0.717, 1.165) is 15.4 Å². The van der Waals surface area contributed by atoms with E-state index in [2.05, 4.69) is 25.9 Å². The predicted octanol–water partition coefficient (Wildman–Crippen LogP) is 4.95. The lowest BCUT2D eigenvalue weighted by molar-refractivity contribution is -0.132. The van der Waals surface area contributed by atoms with Crippen molar-refractivity contribution in [1.29, 1.82) is 0 Å². The molecule has 0 saturated carbocycles. The maximum atomic E-state index is 13.2. The number of aliphatic hydroxyl groups excluding tert-OH is 1. The second-order valence-corrected chi connectivity index (χ2v) is 8.09. The van der Waals surface area contributed by atoms with Crippen molar-refractivity contribution in [2.75, 3.05) is 4.90 Å². The second-order valence-electron chi connectivity index (χ2n) is 7.17. The molecule has 1 aliphatic heterocycles. The van der Waals surface area contributed by atoms with Gasteiger partial charge in [-0.2, -0.15) is 0 Å². The molecule has 2 N–H and O–H groups in total. The number of amides is 1. The average molecular weight is 474 g/mol. The molecule has 0 spiro atoms. The maximum Gasteiger partial charge on any atom is 0.300 e. The van der Waals surface area contributed by atoms with Crippen LogP contribution in [0.5, 0.6) is 0 Å². The van der Waals surface area contributed by atoms with Gasteiger partial charge < -0.3 is 10.1 Å². The van der Waals surface area contributed by atoms with Crippen LogP contribution >= 0.6 is 15.9 Å². The van der Waals surface area contributed by atoms with E-state index in [-0.39, 0.29) is 11.3 Å². The number of aliphatic hydroxyl groups is 1. The Hall–Kier alpha value is -3.71. The van der Waals surface area contributed by atoms with Crippen LogP contribution in [-0.4, -0.2) is 26.8 Å². The summed E-state index contributed by atoms with van der Waals surface area (Å²) in [5.74, 6) is -1.63. The zero-order valence-corrected chi connectivity index (χ0v) is 17.7. The molecule has 1 saturated heterocycles. The SMILES string of the molecule is O=C1C(=O)N(c2ccc(Br)cc2)C(c2ccncc2)/C1=C(/O)c1c[nH]c2ccccc12. The number of carbonyl (C=O) groups is 2. The molecule has 4 aromatic rings. The van der Waals surface area contributed by atoms with Crippen LogP contribution in [0.4, 0.5) is 5.69 Å². The molecule has 1 atom stereocenters. The van der Waals surface area contributed by atoms with Crippen molar-refractivity contribution >= 4 is 50.0 Å². The van der Waals surface area contributed by atoms with Crippen molar-refractivity contribution in [3.8, 4) is 0 Å². The molecule has 1 amide bonds. The number of aromatic amines is 1. The van der Waals surface area contributed by atoms with Crippen LogP contribution in [0, 0.1) is 0 Å². The van der Waals surface area contributed by atoms with E-state index in [4.69, 9.17) is 0 Å². The minimum Gasteiger partial charge on any atom is -0.507 e. The molecule has 1 aliphatic rings. The van der Waals surface area contributed by atoms with E-state index >= 15 is 0 Å². The molecule has 1 unspecified atom stereocenters. The van der Waals surface area contributed by atoms with Crippen LogP contribution in [0.15, 0.2) is 89.3 Å². The topological polar surface area (TPSA) is 86.3 Å². The van der Waals surface area contributed by atoms with Gasteiger partial charge in [0.05, 0.1) is 11.6 Å². The summed E-state index contributed by atoms with van der Waals surface area (Å²) in [6.45, 7) is 0. The molecular weight excluding hydrogens is 458 g/mol. The van der Waals surface area contributed by atoms with Gasteiger partial charge in [-0.15, -0.1) is 0 Å². The number of benzene rings is 2. The lowest BCUT2D eigenvalue weighted by Gasteiger charge is -2.25. The molecule has 1 fully saturated rings. The van der Waals surface area contributed by atoms with Crippen molar-refractivity contribution in [2.24, 2.45) is 0 Å². The Morgan fingerprint density at radius 1 is 1.00 bits per heavy atom. The fourth-order valence-electron chi connectivity index (χ4n) is 3.97. The van der Waals surface area contributed by atoms with Crippen LogP contribution < -0.4 is 4.90 Å². The van der Waals surface area contributed by atoms with Gasteiger partial charge in [0.1, 0.15) is 5.76 Å². The Morgan fingerprint density at radius 3 is 2.45 bits per heavy atom. The summed E-state index contributed by atoms with van der Waals surface area (Å²) in [5, 5.41) is 12.0. The molecule has 0 aliphatic carbocycles. The molecule has 2 aromatic heterocycles. The van der Waals surface area contributed by atoms with Gasteiger partial charge in [-0.25, -0.2) is 0 Å². The number of hydrogen-bond donors (Lipinski definition) is 2. The number of anilines is 1. The second kappa shape index (κ2) is 7.52. The lowest BCUT2D eigenvalue weighted by atomic mass is 9.95. The largest absolute Gasteiger partial charge is 0.507 e. The van der Waals surface area contributed by atoms with Gasteiger partial charge in [0, 0.05) is 45.2 Å². The number of H-pyrrole nitrogens is 1. The van der Waals surface area contributed by atoms with Gasteiger partial charge in [-0.3, -0.25) is 19.5 Å². The molecule has 152 valence electrons. The minimum absolute atomic E-state index is 0.0453. The minimum atomic E-state index is -0.780. The van der Waals surface area contributed by atoms with Gasteiger partial charge in [-0.05, 0) is 48.0 Å². The molecule has 0 bridgehead atoms. The number of aromatic nitrogens is 2. The van der Waals surface area contributed by atoms with Gasteiger partial charge in [0.2, 0.25) is 0 Å². The normalized spacial score (nSPS) is 18.1. The Balaban J connectivity index is 1.75. The summed E-state index contributed by atoms with van der Waals surface area (Å²) >= 11 is 3.39. The van der Waals surface area contributed by atoms with Crippen LogP contribution in [0.1, 0.15) is 17.2 Å². The number of ketones is 1. The molecule has 31 heavy (non-hydrogen) atoms. The fourth-order valence-corrected chi connectivity index (χ4v) is 4.24. The van der Waals surface area contributed by atoms with Crippen LogP contribution in [-0.2, 0) is 9.59 Å². The Kier molecular flexibility index (Phi) is 4.67. The number of pyridine rings is 1. The van der Waals surface area contributed by atoms with E-state index in [1.807, 2.05) is 24.3 Å². The summed E-state index contributed by atoms with van der Waals surface area (Å²) in [5.41, 5.74) is 2.59. The number of nitrogens with one attached hydrogen (secondary N) is 1. The molecule has 7 heteroatoms. The average Bonchev–Trinajstić information content (AvgIpc) is 3.34. The highest BCUT2D eigenvalue weighted by Gasteiger charge is 2.47. The Morgan fingerprint density at radius 2 is 1.71 bits per heavy atom. The van der Waals surface area contributed by atoms with Crippen molar-refractivity contribution in [1.82, 2.24) is 9.97 Å². The zero-order chi connectivity index (χ0) is 21.5. The van der Waals surface area contributed by atoms with E-state index in [1.54, 1.807) is 55.0 Å². The third-order valence-electron chi connectivity index (χ3n) is 5.42. The predicted molar refractivity (Wildman–Crippen MR) is 121 cm³/mol. The third-order valence-corrected chi connectivity index (χ3v) is 5.94. The Labute approximate surface area is 186 Å². The monoisotopic (exact) mass is 473 g/mol. The molecule has 2 aromatic carbocycles. The van der Waals surface area contributed by atoms with Crippen LogP contribution in [0.2, 0.25) is 0 Å². The molecular formula is C24H16BrN3O3. The molecule has 5 rings (SSSR count). The molecule has 6 nitrogen and oxygen atoms in total. The fraction of sp³-hybridized carbons (Fsp3) is 0.0417. The summed E-state index contributed by atoms with van der Waals surface area (Å²) < 4.78 is 0.854. The van der Waals surface area contributed by atoms with Crippen LogP contribution in [0.25, 0.3) is 16.7 Å². The summed E-state index contributed by atoms with van der Waals surface area (Å²) in [6.07, 6.45) is 4.85. The van der Waals surface area contributed by atoms with Crippen LogP contribution in [0.3, 0.4) is 0 Å². The smallest absolute Gasteiger partial charge is 0.300 e. The highest BCUT2D eigenvalue weighted by atomic mass is 79.9. The number of rotatable bonds is 3. The quantitative estimate of drug-likeness (QED) is 0.250. The first-order chi connectivity index (χ1) is 15.1. The standard InChI is InChI=1S/C24H16BrN3O3/c25-15-5-7-16(8-6-15)28-21(14-9-11-26-12-10-14)20(23(30)24(28)31)22(29)18-13-27-19-4-2-1-3-17(18)19/h1-13,21,27,29H/b22-20-. The number of nitrogens with zero attached hydrogens (tertiary/aromatic N) is 2. The number of fused-ring (bicyclic) bond motifs is 1. The van der Waals surface area contributed by atoms with E-state index < -0.39 is 17.7 Å². The molecule has 0 radical (unpaired) electrons. The van der Waals surface area contributed by atoms with Gasteiger partial charge in [0.15, 0.2) is 0 Å². The highest BCUT2D eigenvalue weighted by molar-refractivity contribution is 9.10. The van der Waals surface area contributed by atoms with Gasteiger partial charge in [-0.1, -0.05) is 34.1 Å². The van der Waals surface area contributed by atoms with Crippen molar-refractivity contribution < 1.29 is 14.7 Å². The number of Topliss-reactive ketones (excluding diaryl/α,β-unsaturated/α-hetero) is 1. The van der Waals surface area contributed by atoms with E-state index in [9.17, 15) is 14.7 Å². The van der Waals surface area contributed by atoms with E-state index in [0.29, 0.717) is 16.8 Å². The first kappa shape index (κ1) is 19.3. The van der Waals surface area contributed by atoms with Crippen molar-refractivity contribution in [3.05, 3.63) is 100 Å². The zero-order valence-electron chi connectivity index (χ0n) is 16.1. The van der Waals surface area contributed by atoms with E-state index in [1.165, 1.54) is 4.90 Å². The first-order valence-corrected chi connectivity index (χ1v) is 10.4. The van der Waals surface area contributed by atoms with Gasteiger partial charge in [0.25, 0.3) is 11.7 Å². The number of hydrogen-bond acceptors (Lipinski definition) is 4. The van der Waals surface area contributed by atoms with Crippen molar-refractivity contribution in [3.63, 3.8) is 0 Å². The molecule has 3 heterocycles. The number of carbonyl (C=O) groups excluding carboxylic acids is 2. The number of halogens is 1. The summed E-state index contributed by atoms with van der Waals surface area (Å²) in [7, 11) is 0. The maximum absolute atomic E-state index is 13.2. The summed E-state index contributed by atoms with van der Waals surface area (Å²) in [6, 6.07) is 17.3. The summed E-state index contributed by atoms with van der Waals surface area (Å²) in [4.78, 5) is 34.9. The van der Waals surface area contributed by atoms with Gasteiger partial charge >= 0.3 is 0 Å².